The van der Waals surface area contributed by atoms with E-state index in [0.717, 1.165) is 7.11 Å². The van der Waals surface area contributed by atoms with Gasteiger partial charge in [0.2, 0.25) is 0 Å². The highest BCUT2D eigenvalue weighted by molar-refractivity contribution is 7.86. The number of hydrogen-bond acceptors (Lipinski definition) is 5. The molecule has 0 bridgehead atoms. The highest BCUT2D eigenvalue weighted by atomic mass is 32.2. The van der Waals surface area contributed by atoms with E-state index in [1.54, 1.807) is 20.8 Å². The summed E-state index contributed by atoms with van der Waals surface area (Å²) >= 11 is 0. The van der Waals surface area contributed by atoms with E-state index in [2.05, 4.69) is 4.18 Å². The van der Waals surface area contributed by atoms with Gasteiger partial charge in [0.1, 0.15) is 4.90 Å². The van der Waals surface area contributed by atoms with Crippen molar-refractivity contribution in [1.29, 1.82) is 0 Å². The molecule has 5 nitrogen and oxygen atoms in total. The van der Waals surface area contributed by atoms with E-state index in [1.807, 2.05) is 0 Å². The Morgan fingerprint density at radius 1 is 0.938 bits per heavy atom. The zero-order valence-corrected chi connectivity index (χ0v) is 10.6. The van der Waals surface area contributed by atoms with Gasteiger partial charge < -0.3 is 11.5 Å². The minimum atomic E-state index is -3.78. The first-order valence-electron chi connectivity index (χ1n) is 4.69. The molecule has 0 heterocycles. The molecular formula is C10H16N2O3S. The maximum atomic E-state index is 11.7. The molecular weight excluding hydrogens is 228 g/mol. The summed E-state index contributed by atoms with van der Waals surface area (Å²) < 4.78 is 27.9. The summed E-state index contributed by atoms with van der Waals surface area (Å²) in [5.41, 5.74) is 14.0. The van der Waals surface area contributed by atoms with Crippen LogP contribution in [0, 0.1) is 20.8 Å². The van der Waals surface area contributed by atoms with Gasteiger partial charge >= 0.3 is 0 Å². The number of nitrogen functional groups attached to an aromatic ring is 2. The van der Waals surface area contributed by atoms with Crippen molar-refractivity contribution in [2.24, 2.45) is 0 Å². The van der Waals surface area contributed by atoms with Crippen LogP contribution in [0.1, 0.15) is 16.7 Å². The Balaban J connectivity index is 3.79. The van der Waals surface area contributed by atoms with Gasteiger partial charge in [-0.2, -0.15) is 8.42 Å². The average Bonchev–Trinajstić information content (AvgIpc) is 2.23. The van der Waals surface area contributed by atoms with Crippen molar-refractivity contribution in [1.82, 2.24) is 0 Å². The van der Waals surface area contributed by atoms with Gasteiger partial charge in [-0.1, -0.05) is 0 Å². The first-order chi connectivity index (χ1) is 7.24. The van der Waals surface area contributed by atoms with Gasteiger partial charge in [-0.25, -0.2) is 0 Å². The number of nitrogens with two attached hydrogens (primary N) is 2. The third-order valence-electron chi connectivity index (χ3n) is 2.77. The van der Waals surface area contributed by atoms with Gasteiger partial charge in [0.05, 0.1) is 7.11 Å². The second kappa shape index (κ2) is 3.95. The van der Waals surface area contributed by atoms with Crippen molar-refractivity contribution in [3.05, 3.63) is 16.7 Å². The molecule has 0 amide bonds. The van der Waals surface area contributed by atoms with Gasteiger partial charge in [-0.3, -0.25) is 4.18 Å². The summed E-state index contributed by atoms with van der Waals surface area (Å²) in [6.45, 7) is 5.04. The van der Waals surface area contributed by atoms with Crippen LogP contribution >= 0.6 is 0 Å². The van der Waals surface area contributed by atoms with E-state index in [4.69, 9.17) is 11.5 Å². The van der Waals surface area contributed by atoms with Gasteiger partial charge in [0.25, 0.3) is 10.1 Å². The lowest BCUT2D eigenvalue weighted by atomic mass is 10.0. The predicted octanol–water partition coefficient (Wildman–Crippen LogP) is 1.11. The fourth-order valence-electron chi connectivity index (χ4n) is 1.69. The van der Waals surface area contributed by atoms with Gasteiger partial charge in [-0.15, -0.1) is 0 Å². The molecule has 4 N–H and O–H groups in total. The Labute approximate surface area is 95.5 Å². The Hall–Kier alpha value is -1.27. The fraction of sp³-hybridized carbons (Fsp3) is 0.400. The van der Waals surface area contributed by atoms with E-state index in [0.29, 0.717) is 28.1 Å². The van der Waals surface area contributed by atoms with Crippen molar-refractivity contribution >= 4 is 21.5 Å². The van der Waals surface area contributed by atoms with Crippen LogP contribution < -0.4 is 11.5 Å². The van der Waals surface area contributed by atoms with Crippen molar-refractivity contribution in [3.8, 4) is 0 Å². The molecule has 0 fully saturated rings. The molecule has 16 heavy (non-hydrogen) atoms. The average molecular weight is 244 g/mol. The van der Waals surface area contributed by atoms with Crippen LogP contribution in [0.4, 0.5) is 11.4 Å². The molecule has 0 aromatic heterocycles. The van der Waals surface area contributed by atoms with Crippen molar-refractivity contribution in [3.63, 3.8) is 0 Å². The normalized spacial score (nSPS) is 11.8. The molecule has 6 heteroatoms. The van der Waals surface area contributed by atoms with E-state index >= 15 is 0 Å². The van der Waals surface area contributed by atoms with Crippen LogP contribution in [0.15, 0.2) is 4.90 Å². The second-order valence-electron chi connectivity index (χ2n) is 3.65. The number of hydrogen-bond donors (Lipinski definition) is 2. The van der Waals surface area contributed by atoms with Gasteiger partial charge in [-0.05, 0) is 37.5 Å². The molecule has 1 aromatic rings. The molecule has 0 radical (unpaired) electrons. The fourth-order valence-corrected chi connectivity index (χ4v) is 2.83. The van der Waals surface area contributed by atoms with Crippen LogP contribution in [0.25, 0.3) is 0 Å². The van der Waals surface area contributed by atoms with Crippen LogP contribution in [-0.2, 0) is 14.3 Å². The van der Waals surface area contributed by atoms with Gasteiger partial charge in [0, 0.05) is 11.4 Å². The number of rotatable bonds is 2. The van der Waals surface area contributed by atoms with E-state index in [9.17, 15) is 8.42 Å². The van der Waals surface area contributed by atoms with Crippen LogP contribution in [0.5, 0.6) is 0 Å². The molecule has 0 saturated heterocycles. The second-order valence-corrected chi connectivity index (χ2v) is 5.30. The van der Waals surface area contributed by atoms with Crippen molar-refractivity contribution < 1.29 is 12.6 Å². The maximum Gasteiger partial charge on any atom is 0.297 e. The maximum absolute atomic E-state index is 11.7. The van der Waals surface area contributed by atoms with Crippen LogP contribution in [0.2, 0.25) is 0 Å². The van der Waals surface area contributed by atoms with E-state index in [1.165, 1.54) is 0 Å². The third-order valence-corrected chi connectivity index (χ3v) is 4.32. The highest BCUT2D eigenvalue weighted by Crippen LogP contribution is 2.34. The van der Waals surface area contributed by atoms with Crippen molar-refractivity contribution in [2.45, 2.75) is 25.7 Å². The minimum absolute atomic E-state index is 0.0654. The first-order valence-corrected chi connectivity index (χ1v) is 6.10. The molecule has 90 valence electrons. The Morgan fingerprint density at radius 3 is 1.62 bits per heavy atom. The molecule has 0 saturated carbocycles. The standard InChI is InChI=1S/C10H16N2O3S/c1-5-8(11)6(2)10(7(3)9(5)12)16(13,14)15-4/h11-12H2,1-4H3. The molecule has 0 aliphatic carbocycles. The summed E-state index contributed by atoms with van der Waals surface area (Å²) in [6, 6.07) is 0. The molecule has 1 rings (SSSR count). The molecule has 0 atom stereocenters. The molecule has 0 aliphatic rings. The summed E-state index contributed by atoms with van der Waals surface area (Å²) in [4.78, 5) is 0.0654. The quantitative estimate of drug-likeness (QED) is 0.600. The lowest BCUT2D eigenvalue weighted by molar-refractivity contribution is 0.397. The molecule has 1 aromatic carbocycles. The Kier molecular flexibility index (Phi) is 3.16. The minimum Gasteiger partial charge on any atom is -0.398 e. The van der Waals surface area contributed by atoms with Gasteiger partial charge in [0.15, 0.2) is 0 Å². The molecule has 0 unspecified atom stereocenters. The first kappa shape index (κ1) is 12.8. The number of anilines is 2. The SMILES string of the molecule is COS(=O)(=O)c1c(C)c(N)c(C)c(N)c1C. The smallest absolute Gasteiger partial charge is 0.297 e. The Bertz CT molecular complexity index is 506. The summed E-state index contributed by atoms with van der Waals surface area (Å²) in [7, 11) is -2.67. The molecule has 0 spiro atoms. The topological polar surface area (TPSA) is 95.4 Å². The summed E-state index contributed by atoms with van der Waals surface area (Å²) in [5, 5.41) is 0. The zero-order chi connectivity index (χ0) is 12.7. The highest BCUT2D eigenvalue weighted by Gasteiger charge is 2.24. The zero-order valence-electron chi connectivity index (χ0n) is 9.79. The monoisotopic (exact) mass is 244 g/mol. The van der Waals surface area contributed by atoms with E-state index < -0.39 is 10.1 Å². The number of benzene rings is 1. The van der Waals surface area contributed by atoms with Crippen LogP contribution in [0.3, 0.4) is 0 Å². The van der Waals surface area contributed by atoms with Crippen molar-refractivity contribution in [2.75, 3.05) is 18.6 Å². The summed E-state index contributed by atoms with van der Waals surface area (Å²) in [5.74, 6) is 0. The lowest BCUT2D eigenvalue weighted by Gasteiger charge is -2.16. The van der Waals surface area contributed by atoms with E-state index in [-0.39, 0.29) is 4.90 Å². The van der Waals surface area contributed by atoms with Crippen LogP contribution in [-0.4, -0.2) is 15.5 Å². The summed E-state index contributed by atoms with van der Waals surface area (Å²) in [6.07, 6.45) is 0. The predicted molar refractivity (Wildman–Crippen MR) is 63.7 cm³/mol. The third kappa shape index (κ3) is 1.74. The lowest BCUT2D eigenvalue weighted by Crippen LogP contribution is -2.12. The Morgan fingerprint density at radius 2 is 1.31 bits per heavy atom. The molecule has 0 aliphatic heterocycles. The largest absolute Gasteiger partial charge is 0.398 e.